The third-order valence-electron chi connectivity index (χ3n) is 2.60. The standard InChI is InChI=1S/C13H12ClN3O2/c14-10-3-1-8(2-4-10)13-16-6-9(7-17-13)11(15)5-12(18)19/h1-4,6-7,11H,5,15H2,(H,18,19)/t11-/m1/s1. The number of rotatable bonds is 4. The number of hydrogen-bond acceptors (Lipinski definition) is 4. The molecule has 0 radical (unpaired) electrons. The molecule has 19 heavy (non-hydrogen) atoms. The van der Waals surface area contributed by atoms with Gasteiger partial charge in [-0.25, -0.2) is 9.97 Å². The van der Waals surface area contributed by atoms with Gasteiger partial charge in [0, 0.05) is 34.6 Å². The van der Waals surface area contributed by atoms with E-state index in [2.05, 4.69) is 9.97 Å². The zero-order valence-corrected chi connectivity index (χ0v) is 10.7. The Hall–Kier alpha value is -1.98. The summed E-state index contributed by atoms with van der Waals surface area (Å²) in [6, 6.07) is 6.54. The zero-order valence-electron chi connectivity index (χ0n) is 9.95. The quantitative estimate of drug-likeness (QED) is 0.895. The molecular formula is C13H12ClN3O2. The van der Waals surface area contributed by atoms with E-state index in [1.54, 1.807) is 24.5 Å². The van der Waals surface area contributed by atoms with Gasteiger partial charge in [-0.2, -0.15) is 0 Å². The van der Waals surface area contributed by atoms with Crippen LogP contribution in [0.5, 0.6) is 0 Å². The van der Waals surface area contributed by atoms with Gasteiger partial charge < -0.3 is 10.8 Å². The summed E-state index contributed by atoms with van der Waals surface area (Å²) in [5, 5.41) is 9.31. The van der Waals surface area contributed by atoms with E-state index in [0.29, 0.717) is 16.4 Å². The van der Waals surface area contributed by atoms with Crippen molar-refractivity contribution in [3.63, 3.8) is 0 Å². The minimum Gasteiger partial charge on any atom is -0.481 e. The highest BCUT2D eigenvalue weighted by Crippen LogP contribution is 2.19. The van der Waals surface area contributed by atoms with Crippen LogP contribution in [-0.4, -0.2) is 21.0 Å². The predicted octanol–water partition coefficient (Wildman–Crippen LogP) is 2.27. The molecule has 0 fully saturated rings. The van der Waals surface area contributed by atoms with Crippen molar-refractivity contribution >= 4 is 17.6 Å². The van der Waals surface area contributed by atoms with Crippen LogP contribution in [0.15, 0.2) is 36.7 Å². The van der Waals surface area contributed by atoms with Gasteiger partial charge in [0.05, 0.1) is 6.42 Å². The van der Waals surface area contributed by atoms with Crippen LogP contribution < -0.4 is 5.73 Å². The Morgan fingerprint density at radius 2 is 1.84 bits per heavy atom. The fraction of sp³-hybridized carbons (Fsp3) is 0.154. The molecule has 0 aliphatic carbocycles. The lowest BCUT2D eigenvalue weighted by Crippen LogP contribution is -2.15. The average molecular weight is 278 g/mol. The summed E-state index contributed by atoms with van der Waals surface area (Å²) in [5.41, 5.74) is 7.16. The largest absolute Gasteiger partial charge is 0.481 e. The van der Waals surface area contributed by atoms with Crippen LogP contribution in [0.3, 0.4) is 0 Å². The third-order valence-corrected chi connectivity index (χ3v) is 2.85. The smallest absolute Gasteiger partial charge is 0.305 e. The number of benzene rings is 1. The summed E-state index contributed by atoms with van der Waals surface area (Å²) in [4.78, 5) is 18.9. The van der Waals surface area contributed by atoms with Crippen LogP contribution in [-0.2, 0) is 4.79 Å². The van der Waals surface area contributed by atoms with Crippen molar-refractivity contribution in [3.8, 4) is 11.4 Å². The van der Waals surface area contributed by atoms with Crippen molar-refractivity contribution in [2.24, 2.45) is 5.73 Å². The molecule has 5 nitrogen and oxygen atoms in total. The first-order valence-corrected chi connectivity index (χ1v) is 5.99. The molecule has 3 N–H and O–H groups in total. The van der Waals surface area contributed by atoms with Gasteiger partial charge in [-0.3, -0.25) is 4.79 Å². The molecule has 2 aromatic rings. The topological polar surface area (TPSA) is 89.1 Å². The van der Waals surface area contributed by atoms with Crippen molar-refractivity contribution in [2.75, 3.05) is 0 Å². The third kappa shape index (κ3) is 3.49. The maximum absolute atomic E-state index is 10.6. The second-order valence-electron chi connectivity index (χ2n) is 4.05. The van der Waals surface area contributed by atoms with Crippen molar-refractivity contribution < 1.29 is 9.90 Å². The highest BCUT2D eigenvalue weighted by Gasteiger charge is 2.11. The summed E-state index contributed by atoms with van der Waals surface area (Å²) in [7, 11) is 0. The Kier molecular flexibility index (Phi) is 4.09. The lowest BCUT2D eigenvalue weighted by Gasteiger charge is -2.08. The van der Waals surface area contributed by atoms with E-state index in [-0.39, 0.29) is 6.42 Å². The summed E-state index contributed by atoms with van der Waals surface area (Å²) in [6.45, 7) is 0. The fourth-order valence-electron chi connectivity index (χ4n) is 1.58. The lowest BCUT2D eigenvalue weighted by molar-refractivity contribution is -0.137. The van der Waals surface area contributed by atoms with Gasteiger partial charge in [-0.05, 0) is 24.3 Å². The monoisotopic (exact) mass is 277 g/mol. The SMILES string of the molecule is N[C@H](CC(=O)O)c1cnc(-c2ccc(Cl)cc2)nc1. The van der Waals surface area contributed by atoms with E-state index >= 15 is 0 Å². The number of carboxylic acids is 1. The maximum Gasteiger partial charge on any atom is 0.305 e. The Balaban J connectivity index is 2.18. The van der Waals surface area contributed by atoms with E-state index in [1.165, 1.54) is 0 Å². The first-order chi connectivity index (χ1) is 9.06. The Labute approximate surface area is 115 Å². The first-order valence-electron chi connectivity index (χ1n) is 5.61. The molecule has 0 aliphatic heterocycles. The molecule has 0 spiro atoms. The average Bonchev–Trinajstić information content (AvgIpc) is 2.39. The van der Waals surface area contributed by atoms with Crippen LogP contribution in [0.2, 0.25) is 5.02 Å². The van der Waals surface area contributed by atoms with Crippen molar-refractivity contribution in [3.05, 3.63) is 47.2 Å². The number of nitrogens with two attached hydrogens (primary N) is 1. The number of carbonyl (C=O) groups is 1. The number of halogens is 1. The summed E-state index contributed by atoms with van der Waals surface area (Å²) in [6.07, 6.45) is 2.94. The van der Waals surface area contributed by atoms with E-state index in [0.717, 1.165) is 5.56 Å². The number of carboxylic acid groups (broad SMARTS) is 1. The van der Waals surface area contributed by atoms with Crippen LogP contribution in [0, 0.1) is 0 Å². The summed E-state index contributed by atoms with van der Waals surface area (Å²) < 4.78 is 0. The minimum absolute atomic E-state index is 0.149. The second kappa shape index (κ2) is 5.77. The van der Waals surface area contributed by atoms with Gasteiger partial charge in [0.1, 0.15) is 0 Å². The predicted molar refractivity (Wildman–Crippen MR) is 71.7 cm³/mol. The van der Waals surface area contributed by atoms with Crippen LogP contribution in [0.25, 0.3) is 11.4 Å². The molecule has 98 valence electrons. The molecule has 0 saturated heterocycles. The molecule has 6 heteroatoms. The Bertz CT molecular complexity index is 569. The van der Waals surface area contributed by atoms with Gasteiger partial charge in [0.2, 0.25) is 0 Å². The molecule has 1 aromatic heterocycles. The molecule has 2 rings (SSSR count). The van der Waals surface area contributed by atoms with E-state index < -0.39 is 12.0 Å². The molecule has 1 atom stereocenters. The van der Waals surface area contributed by atoms with Gasteiger partial charge in [-0.1, -0.05) is 11.6 Å². The number of aliphatic carboxylic acids is 1. The molecular weight excluding hydrogens is 266 g/mol. The Morgan fingerprint density at radius 1 is 1.26 bits per heavy atom. The van der Waals surface area contributed by atoms with Crippen LogP contribution in [0.1, 0.15) is 18.0 Å². The highest BCUT2D eigenvalue weighted by atomic mass is 35.5. The number of hydrogen-bond donors (Lipinski definition) is 2. The Morgan fingerprint density at radius 3 is 2.37 bits per heavy atom. The van der Waals surface area contributed by atoms with Crippen LogP contribution >= 0.6 is 11.6 Å². The number of nitrogens with zero attached hydrogens (tertiary/aromatic N) is 2. The van der Waals surface area contributed by atoms with Gasteiger partial charge in [0.15, 0.2) is 5.82 Å². The van der Waals surface area contributed by atoms with Crippen molar-refractivity contribution in [1.29, 1.82) is 0 Å². The van der Waals surface area contributed by atoms with E-state index in [4.69, 9.17) is 22.4 Å². The zero-order chi connectivity index (χ0) is 13.8. The van der Waals surface area contributed by atoms with Crippen LogP contribution in [0.4, 0.5) is 0 Å². The number of aromatic nitrogens is 2. The molecule has 0 aliphatic rings. The van der Waals surface area contributed by atoms with Gasteiger partial charge in [-0.15, -0.1) is 0 Å². The molecule has 0 unspecified atom stereocenters. The van der Waals surface area contributed by atoms with Gasteiger partial charge in [0.25, 0.3) is 0 Å². The van der Waals surface area contributed by atoms with E-state index in [1.807, 2.05) is 12.1 Å². The summed E-state index contributed by atoms with van der Waals surface area (Å²) >= 11 is 5.80. The lowest BCUT2D eigenvalue weighted by atomic mass is 10.1. The maximum atomic E-state index is 10.6. The van der Waals surface area contributed by atoms with Gasteiger partial charge >= 0.3 is 5.97 Å². The first kappa shape index (κ1) is 13.5. The normalized spacial score (nSPS) is 12.1. The fourth-order valence-corrected chi connectivity index (χ4v) is 1.71. The highest BCUT2D eigenvalue weighted by molar-refractivity contribution is 6.30. The molecule has 0 bridgehead atoms. The molecule has 1 aromatic carbocycles. The molecule has 0 saturated carbocycles. The van der Waals surface area contributed by atoms with Crippen molar-refractivity contribution in [1.82, 2.24) is 9.97 Å². The summed E-state index contributed by atoms with van der Waals surface area (Å²) in [5.74, 6) is -0.405. The molecule has 1 heterocycles. The van der Waals surface area contributed by atoms with E-state index in [9.17, 15) is 4.79 Å². The second-order valence-corrected chi connectivity index (χ2v) is 4.49. The van der Waals surface area contributed by atoms with Crippen molar-refractivity contribution in [2.45, 2.75) is 12.5 Å². The minimum atomic E-state index is -0.950. The molecule has 0 amide bonds.